The van der Waals surface area contributed by atoms with E-state index in [4.69, 9.17) is 5.11 Å². The maximum Gasteiger partial charge on any atom is 0.317 e. The third-order valence-electron chi connectivity index (χ3n) is 3.74. The van der Waals surface area contributed by atoms with Crippen molar-refractivity contribution in [3.8, 4) is 0 Å². The number of amides is 2. The van der Waals surface area contributed by atoms with Crippen molar-refractivity contribution < 1.29 is 14.7 Å². The largest absolute Gasteiger partial charge is 0.481 e. The van der Waals surface area contributed by atoms with Gasteiger partial charge < -0.3 is 15.3 Å². The number of thiophene rings is 1. The molecule has 1 aliphatic rings. The maximum absolute atomic E-state index is 12.0. The van der Waals surface area contributed by atoms with Gasteiger partial charge in [0.25, 0.3) is 0 Å². The summed E-state index contributed by atoms with van der Waals surface area (Å²) in [6.45, 7) is 2.16. The van der Waals surface area contributed by atoms with E-state index >= 15 is 0 Å². The highest BCUT2D eigenvalue weighted by Crippen LogP contribution is 2.45. The molecule has 1 fully saturated rings. The predicted octanol–water partition coefficient (Wildman–Crippen LogP) is 2.32. The van der Waals surface area contributed by atoms with Gasteiger partial charge in [-0.15, -0.1) is 11.3 Å². The minimum absolute atomic E-state index is 0.0139. The number of carbonyl (C=O) groups is 2. The summed E-state index contributed by atoms with van der Waals surface area (Å²) in [6.07, 6.45) is 1.29. The Morgan fingerprint density at radius 1 is 1.58 bits per heavy atom. The van der Waals surface area contributed by atoms with Gasteiger partial charge in [-0.1, -0.05) is 6.07 Å². The van der Waals surface area contributed by atoms with Crippen LogP contribution in [-0.4, -0.2) is 35.6 Å². The monoisotopic (exact) mass is 282 g/mol. The first kappa shape index (κ1) is 13.9. The average Bonchev–Trinajstić information content (AvgIpc) is 2.99. The molecule has 0 saturated heterocycles. The Kier molecular flexibility index (Phi) is 3.80. The first-order chi connectivity index (χ1) is 8.96. The van der Waals surface area contributed by atoms with E-state index in [2.05, 4.69) is 5.32 Å². The number of urea groups is 1. The molecule has 2 rings (SSSR count). The highest BCUT2D eigenvalue weighted by molar-refractivity contribution is 7.10. The van der Waals surface area contributed by atoms with Crippen LogP contribution < -0.4 is 5.32 Å². The van der Waals surface area contributed by atoms with Gasteiger partial charge in [0.05, 0.1) is 11.5 Å². The van der Waals surface area contributed by atoms with E-state index in [9.17, 15) is 9.59 Å². The van der Waals surface area contributed by atoms with Crippen LogP contribution in [0.25, 0.3) is 0 Å². The molecule has 0 aromatic carbocycles. The zero-order chi connectivity index (χ0) is 14.0. The Bertz CT molecular complexity index is 468. The molecule has 19 heavy (non-hydrogen) atoms. The molecule has 1 unspecified atom stereocenters. The molecular weight excluding hydrogens is 264 g/mol. The zero-order valence-corrected chi connectivity index (χ0v) is 11.9. The molecule has 1 atom stereocenters. The van der Waals surface area contributed by atoms with E-state index in [1.165, 1.54) is 0 Å². The molecule has 6 heteroatoms. The Morgan fingerprint density at radius 3 is 2.74 bits per heavy atom. The summed E-state index contributed by atoms with van der Waals surface area (Å²) >= 11 is 1.60. The van der Waals surface area contributed by atoms with Crippen LogP contribution in [0.5, 0.6) is 0 Å². The Balaban J connectivity index is 1.88. The number of carbonyl (C=O) groups excluding carboxylic acids is 1. The molecule has 1 aromatic heterocycles. The molecule has 104 valence electrons. The molecule has 1 aromatic rings. The van der Waals surface area contributed by atoms with Gasteiger partial charge in [0.2, 0.25) is 0 Å². The van der Waals surface area contributed by atoms with Crippen molar-refractivity contribution in [1.82, 2.24) is 10.2 Å². The first-order valence-electron chi connectivity index (χ1n) is 6.24. The lowest BCUT2D eigenvalue weighted by Crippen LogP contribution is -2.42. The second-order valence-corrected chi connectivity index (χ2v) is 6.03. The van der Waals surface area contributed by atoms with Gasteiger partial charge >= 0.3 is 12.0 Å². The van der Waals surface area contributed by atoms with Crippen LogP contribution in [0, 0.1) is 5.41 Å². The van der Waals surface area contributed by atoms with Gasteiger partial charge in [0, 0.05) is 18.5 Å². The lowest BCUT2D eigenvalue weighted by molar-refractivity contribution is -0.143. The summed E-state index contributed by atoms with van der Waals surface area (Å²) in [5, 5.41) is 13.7. The van der Waals surface area contributed by atoms with Crippen molar-refractivity contribution in [2.75, 3.05) is 13.6 Å². The minimum atomic E-state index is -0.818. The molecule has 2 N–H and O–H groups in total. The summed E-state index contributed by atoms with van der Waals surface area (Å²) in [6, 6.07) is 3.69. The standard InChI is InChI=1S/C13H18N2O3S/c1-9(10-4-3-7-19-10)15(2)12(18)14-8-13(5-6-13)11(16)17/h3-4,7,9H,5-6,8H2,1-2H3,(H,14,18)(H,16,17). The lowest BCUT2D eigenvalue weighted by atomic mass is 10.1. The Labute approximate surface area is 116 Å². The second-order valence-electron chi connectivity index (χ2n) is 5.05. The fourth-order valence-electron chi connectivity index (χ4n) is 1.88. The third kappa shape index (κ3) is 2.89. The third-order valence-corrected chi connectivity index (χ3v) is 4.78. The molecule has 1 saturated carbocycles. The molecule has 5 nitrogen and oxygen atoms in total. The number of carboxylic acids is 1. The molecular formula is C13H18N2O3S. The van der Waals surface area contributed by atoms with Gasteiger partial charge in [-0.3, -0.25) is 4.79 Å². The van der Waals surface area contributed by atoms with Gasteiger partial charge in [-0.05, 0) is 31.2 Å². The fourth-order valence-corrected chi connectivity index (χ4v) is 2.71. The molecule has 1 heterocycles. The van der Waals surface area contributed by atoms with E-state index in [-0.39, 0.29) is 18.6 Å². The smallest absolute Gasteiger partial charge is 0.317 e. The van der Waals surface area contributed by atoms with Crippen LogP contribution in [-0.2, 0) is 4.79 Å². The summed E-state index contributed by atoms with van der Waals surface area (Å²) in [7, 11) is 1.72. The predicted molar refractivity (Wildman–Crippen MR) is 73.2 cm³/mol. The van der Waals surface area contributed by atoms with Crippen LogP contribution in [0.3, 0.4) is 0 Å². The lowest BCUT2D eigenvalue weighted by Gasteiger charge is -2.25. The van der Waals surface area contributed by atoms with Crippen molar-refractivity contribution in [1.29, 1.82) is 0 Å². The quantitative estimate of drug-likeness (QED) is 0.870. The molecule has 0 radical (unpaired) electrons. The van der Waals surface area contributed by atoms with Crippen molar-refractivity contribution in [3.63, 3.8) is 0 Å². The molecule has 0 aliphatic heterocycles. The molecule has 2 amide bonds. The molecule has 0 spiro atoms. The van der Waals surface area contributed by atoms with Crippen LogP contribution in [0.2, 0.25) is 0 Å². The van der Waals surface area contributed by atoms with Crippen molar-refractivity contribution in [3.05, 3.63) is 22.4 Å². The van der Waals surface area contributed by atoms with E-state index in [0.29, 0.717) is 12.8 Å². The summed E-state index contributed by atoms with van der Waals surface area (Å²) in [5.41, 5.74) is -0.720. The number of hydrogen-bond donors (Lipinski definition) is 2. The van der Waals surface area contributed by atoms with E-state index in [0.717, 1.165) is 4.88 Å². The summed E-state index contributed by atoms with van der Waals surface area (Å²) in [5.74, 6) is -0.818. The Hall–Kier alpha value is -1.56. The number of rotatable bonds is 5. The Morgan fingerprint density at radius 2 is 2.26 bits per heavy atom. The SMILES string of the molecule is CC(c1cccs1)N(C)C(=O)NCC1(C(=O)O)CC1. The van der Waals surface area contributed by atoms with Crippen molar-refractivity contribution >= 4 is 23.3 Å². The highest BCUT2D eigenvalue weighted by atomic mass is 32.1. The minimum Gasteiger partial charge on any atom is -0.481 e. The summed E-state index contributed by atoms with van der Waals surface area (Å²) in [4.78, 5) is 25.7. The van der Waals surface area contributed by atoms with E-state index < -0.39 is 11.4 Å². The van der Waals surface area contributed by atoms with Crippen molar-refractivity contribution in [2.24, 2.45) is 5.41 Å². The number of nitrogens with zero attached hydrogens (tertiary/aromatic N) is 1. The fraction of sp³-hybridized carbons (Fsp3) is 0.538. The van der Waals surface area contributed by atoms with E-state index in [1.54, 1.807) is 23.3 Å². The molecule has 0 bridgehead atoms. The van der Waals surface area contributed by atoms with Crippen LogP contribution in [0.15, 0.2) is 17.5 Å². The van der Waals surface area contributed by atoms with Crippen LogP contribution in [0.4, 0.5) is 4.79 Å². The number of aliphatic carboxylic acids is 1. The second kappa shape index (κ2) is 5.21. The van der Waals surface area contributed by atoms with Gasteiger partial charge in [0.15, 0.2) is 0 Å². The highest BCUT2D eigenvalue weighted by Gasteiger charge is 2.50. The molecule has 1 aliphatic carbocycles. The number of nitrogens with one attached hydrogen (secondary N) is 1. The summed E-state index contributed by atoms with van der Waals surface area (Å²) < 4.78 is 0. The van der Waals surface area contributed by atoms with Crippen molar-refractivity contribution in [2.45, 2.75) is 25.8 Å². The zero-order valence-electron chi connectivity index (χ0n) is 11.0. The normalized spacial score (nSPS) is 17.6. The number of carboxylic acid groups (broad SMARTS) is 1. The maximum atomic E-state index is 12.0. The topological polar surface area (TPSA) is 69.6 Å². The van der Waals surface area contributed by atoms with Crippen LogP contribution >= 0.6 is 11.3 Å². The van der Waals surface area contributed by atoms with Gasteiger partial charge in [-0.25, -0.2) is 4.79 Å². The average molecular weight is 282 g/mol. The van der Waals surface area contributed by atoms with E-state index in [1.807, 2.05) is 24.4 Å². The number of hydrogen-bond acceptors (Lipinski definition) is 3. The van der Waals surface area contributed by atoms with Gasteiger partial charge in [0.1, 0.15) is 0 Å². The van der Waals surface area contributed by atoms with Crippen LogP contribution in [0.1, 0.15) is 30.7 Å². The van der Waals surface area contributed by atoms with Gasteiger partial charge in [-0.2, -0.15) is 0 Å². The first-order valence-corrected chi connectivity index (χ1v) is 7.12.